The molecule has 5 heterocycles. The van der Waals surface area contributed by atoms with E-state index in [0.717, 1.165) is 17.6 Å². The number of para-hydroxylation sites is 2. The fourth-order valence-corrected chi connectivity index (χ4v) is 12.6. The molecule has 0 bridgehead atoms. The molecule has 2 unspecified atom stereocenters. The molecule has 1 fully saturated rings. The Bertz CT molecular complexity index is 2920. The summed E-state index contributed by atoms with van der Waals surface area (Å²) in [5, 5.41) is 5.08. The summed E-state index contributed by atoms with van der Waals surface area (Å²) in [5.74, 6) is 0. The van der Waals surface area contributed by atoms with E-state index in [4.69, 9.17) is 4.42 Å². The molecule has 3 aliphatic heterocycles. The summed E-state index contributed by atoms with van der Waals surface area (Å²) in [4.78, 5) is 5.61. The van der Waals surface area contributed by atoms with Crippen LogP contribution in [0.2, 0.25) is 0 Å². The first kappa shape index (κ1) is 31.4. The van der Waals surface area contributed by atoms with Crippen molar-refractivity contribution in [1.82, 2.24) is 0 Å². The van der Waals surface area contributed by atoms with Gasteiger partial charge in [-0.2, -0.15) is 0 Å². The molecule has 2 atom stereocenters. The SMILES string of the molecule is CCCCc1cc2c3c(c1)C1(C)CCCCC1(C)N3c1cc3c(oc4ccccc43)c3c1B2N(c1ccccc1C)c1cc2sc4ccccc4c2cc1-3. The quantitative estimate of drug-likeness (QED) is 0.169. The first-order chi connectivity index (χ1) is 26.4. The van der Waals surface area contributed by atoms with E-state index in [1.807, 2.05) is 11.3 Å². The molecule has 0 spiro atoms. The molecule has 4 aliphatic rings. The third-order valence-electron chi connectivity index (χ3n) is 14.3. The van der Waals surface area contributed by atoms with Crippen LogP contribution in [-0.4, -0.2) is 12.4 Å². The van der Waals surface area contributed by atoms with Crippen LogP contribution in [0.15, 0.2) is 108 Å². The molecule has 0 amide bonds. The van der Waals surface area contributed by atoms with Crippen LogP contribution in [0.4, 0.5) is 22.7 Å². The highest BCUT2D eigenvalue weighted by molar-refractivity contribution is 7.25. The Kier molecular flexibility index (Phi) is 6.28. The van der Waals surface area contributed by atoms with Gasteiger partial charge in [0.15, 0.2) is 0 Å². The predicted octanol–water partition coefficient (Wildman–Crippen LogP) is 12.6. The maximum Gasteiger partial charge on any atom is 0.333 e. The second kappa shape index (κ2) is 10.8. The second-order valence-corrected chi connectivity index (χ2v) is 18.1. The molecule has 2 aromatic heterocycles. The van der Waals surface area contributed by atoms with E-state index in [1.54, 1.807) is 5.56 Å². The standard InChI is InChI=1S/C49H43BN2OS/c1-5-6-16-30-24-36-46-37(25-30)50-45-40(51(46)49(4)23-14-13-22-48(36,49)3)27-34-31-17-8-11-20-41(31)53-47(34)44(45)35-26-33-32-18-9-12-21-42(32)54-43(33)28-39(35)52(50)38-19-10-7-15-29(38)2/h7-12,15,17-21,24-28H,5-6,13-14,16,22-23H2,1-4H3. The van der Waals surface area contributed by atoms with Crippen molar-refractivity contribution in [3.05, 3.63) is 120 Å². The van der Waals surface area contributed by atoms with E-state index in [0.29, 0.717) is 0 Å². The summed E-state index contributed by atoms with van der Waals surface area (Å²) in [6, 6.07) is 39.5. The molecule has 1 saturated carbocycles. The van der Waals surface area contributed by atoms with Gasteiger partial charge >= 0.3 is 6.85 Å². The summed E-state index contributed by atoms with van der Waals surface area (Å²) in [7, 11) is 0. The van der Waals surface area contributed by atoms with Crippen molar-refractivity contribution in [2.24, 2.45) is 0 Å². The van der Waals surface area contributed by atoms with Crippen molar-refractivity contribution in [2.45, 2.75) is 83.6 Å². The Balaban J connectivity index is 1.30. The van der Waals surface area contributed by atoms with Gasteiger partial charge < -0.3 is 14.1 Å². The summed E-state index contributed by atoms with van der Waals surface area (Å²) in [6.45, 7) is 9.82. The van der Waals surface area contributed by atoms with Crippen LogP contribution < -0.4 is 20.6 Å². The molecule has 12 rings (SSSR count). The fourth-order valence-electron chi connectivity index (χ4n) is 11.4. The van der Waals surface area contributed by atoms with Gasteiger partial charge in [0.1, 0.15) is 11.2 Å². The van der Waals surface area contributed by atoms with Crippen molar-refractivity contribution in [3.8, 4) is 11.1 Å². The molecule has 264 valence electrons. The Morgan fingerprint density at radius 3 is 2.43 bits per heavy atom. The molecule has 3 nitrogen and oxygen atoms in total. The highest BCUT2D eigenvalue weighted by atomic mass is 32.1. The van der Waals surface area contributed by atoms with Gasteiger partial charge in [-0.3, -0.25) is 0 Å². The highest BCUT2D eigenvalue weighted by Gasteiger charge is 2.62. The molecular weight excluding hydrogens is 675 g/mol. The molecule has 1 aliphatic carbocycles. The largest absolute Gasteiger partial charge is 0.455 e. The number of furan rings is 1. The van der Waals surface area contributed by atoms with E-state index in [-0.39, 0.29) is 17.8 Å². The second-order valence-electron chi connectivity index (χ2n) is 17.0. The smallest absolute Gasteiger partial charge is 0.333 e. The normalized spacial score (nSPS) is 20.9. The van der Waals surface area contributed by atoms with E-state index in [2.05, 4.69) is 141 Å². The average Bonchev–Trinajstić information content (AvgIpc) is 3.81. The average molecular weight is 719 g/mol. The third-order valence-corrected chi connectivity index (χ3v) is 15.4. The van der Waals surface area contributed by atoms with Crippen LogP contribution in [0.5, 0.6) is 0 Å². The lowest BCUT2D eigenvalue weighted by Gasteiger charge is -2.53. The van der Waals surface area contributed by atoms with Crippen molar-refractivity contribution < 1.29 is 4.42 Å². The minimum Gasteiger partial charge on any atom is -0.455 e. The number of benzene rings is 6. The van der Waals surface area contributed by atoms with Gasteiger partial charge in [-0.25, -0.2) is 0 Å². The Labute approximate surface area is 321 Å². The van der Waals surface area contributed by atoms with E-state index < -0.39 is 0 Å². The molecule has 0 saturated heterocycles. The zero-order valence-corrected chi connectivity index (χ0v) is 32.4. The summed E-state index contributed by atoms with van der Waals surface area (Å²) in [5.41, 5.74) is 17.2. The third kappa shape index (κ3) is 3.79. The van der Waals surface area contributed by atoms with Gasteiger partial charge in [0.05, 0.1) is 5.54 Å². The lowest BCUT2D eigenvalue weighted by atomic mass is 9.43. The number of rotatable bonds is 4. The van der Waals surface area contributed by atoms with Crippen molar-refractivity contribution in [1.29, 1.82) is 0 Å². The van der Waals surface area contributed by atoms with Crippen LogP contribution in [-0.2, 0) is 11.8 Å². The maximum absolute atomic E-state index is 7.09. The van der Waals surface area contributed by atoms with E-state index in [9.17, 15) is 0 Å². The molecule has 6 aromatic carbocycles. The number of unbranched alkanes of at least 4 members (excludes halogenated alkanes) is 1. The van der Waals surface area contributed by atoms with Crippen LogP contribution in [0, 0.1) is 6.92 Å². The molecule has 0 N–H and O–H groups in total. The molecular formula is C49H43BN2OS. The van der Waals surface area contributed by atoms with Crippen LogP contribution >= 0.6 is 11.3 Å². The van der Waals surface area contributed by atoms with Gasteiger partial charge in [-0.05, 0) is 104 Å². The molecule has 54 heavy (non-hydrogen) atoms. The van der Waals surface area contributed by atoms with Crippen LogP contribution in [0.1, 0.15) is 76.0 Å². The van der Waals surface area contributed by atoms with Gasteiger partial charge in [-0.15, -0.1) is 11.3 Å². The lowest BCUT2D eigenvalue weighted by molar-refractivity contribution is 0.195. The topological polar surface area (TPSA) is 19.6 Å². The first-order valence-corrected chi connectivity index (χ1v) is 21.0. The predicted molar refractivity (Wildman–Crippen MR) is 232 cm³/mol. The number of hydrogen-bond donors (Lipinski definition) is 0. The molecule has 0 radical (unpaired) electrons. The summed E-state index contributed by atoms with van der Waals surface area (Å²) >= 11 is 1.91. The number of fused-ring (bicyclic) bond motifs is 14. The van der Waals surface area contributed by atoms with E-state index in [1.165, 1.54) is 125 Å². The zero-order valence-electron chi connectivity index (χ0n) is 31.6. The number of anilines is 4. The maximum atomic E-state index is 7.09. The highest BCUT2D eigenvalue weighted by Crippen LogP contribution is 2.63. The Hall–Kier alpha value is -5.00. The number of aryl methyl sites for hydroxylation is 2. The van der Waals surface area contributed by atoms with Crippen molar-refractivity contribution in [3.63, 3.8) is 0 Å². The fraction of sp³-hybridized carbons (Fsp3) is 0.265. The lowest BCUT2D eigenvalue weighted by Crippen LogP contribution is -2.64. The summed E-state index contributed by atoms with van der Waals surface area (Å²) < 4.78 is 9.76. The first-order valence-electron chi connectivity index (χ1n) is 20.2. The summed E-state index contributed by atoms with van der Waals surface area (Å²) in [6.07, 6.45) is 8.47. The number of nitrogens with zero attached hydrogens (tertiary/aromatic N) is 2. The molecule has 8 aromatic rings. The minimum absolute atomic E-state index is 0.00744. The van der Waals surface area contributed by atoms with Gasteiger partial charge in [0, 0.05) is 70.2 Å². The van der Waals surface area contributed by atoms with E-state index >= 15 is 0 Å². The van der Waals surface area contributed by atoms with Crippen LogP contribution in [0.3, 0.4) is 0 Å². The Morgan fingerprint density at radius 2 is 1.56 bits per heavy atom. The van der Waals surface area contributed by atoms with Gasteiger partial charge in [0.25, 0.3) is 0 Å². The van der Waals surface area contributed by atoms with Crippen molar-refractivity contribution >= 4 is 94.0 Å². The Morgan fingerprint density at radius 1 is 0.759 bits per heavy atom. The number of hydrogen-bond acceptors (Lipinski definition) is 4. The zero-order chi connectivity index (χ0) is 36.1. The minimum atomic E-state index is -0.0427. The molecule has 5 heteroatoms. The number of thiophene rings is 1. The monoisotopic (exact) mass is 718 g/mol. The van der Waals surface area contributed by atoms with Crippen molar-refractivity contribution in [2.75, 3.05) is 9.71 Å². The van der Waals surface area contributed by atoms with Gasteiger partial charge in [-0.1, -0.05) is 99.8 Å². The van der Waals surface area contributed by atoms with Gasteiger partial charge in [0.2, 0.25) is 0 Å². The van der Waals surface area contributed by atoms with Crippen LogP contribution in [0.25, 0.3) is 53.2 Å².